The standard InChI is InChI=1S/C13H19BrN2O/c1-15-13(10-16-5-7-17-8-6-16)11-3-2-4-12(14)9-11/h2-4,9,13,15H,5-8,10H2,1H3/t13-/m1/s1. The monoisotopic (exact) mass is 298 g/mol. The molecule has 17 heavy (non-hydrogen) atoms. The Hall–Kier alpha value is -0.420. The fourth-order valence-corrected chi connectivity index (χ4v) is 2.55. The Morgan fingerprint density at radius 1 is 1.41 bits per heavy atom. The van der Waals surface area contributed by atoms with E-state index >= 15 is 0 Å². The molecule has 1 fully saturated rings. The summed E-state index contributed by atoms with van der Waals surface area (Å²) in [5, 5.41) is 3.39. The van der Waals surface area contributed by atoms with Crippen LogP contribution in [0.25, 0.3) is 0 Å². The largest absolute Gasteiger partial charge is 0.379 e. The van der Waals surface area contributed by atoms with Crippen molar-refractivity contribution < 1.29 is 4.74 Å². The molecule has 0 radical (unpaired) electrons. The highest BCUT2D eigenvalue weighted by molar-refractivity contribution is 9.10. The Kier molecular flexibility index (Phi) is 4.98. The van der Waals surface area contributed by atoms with Crippen LogP contribution in [0.15, 0.2) is 28.7 Å². The first-order valence-corrected chi connectivity index (χ1v) is 6.81. The van der Waals surface area contributed by atoms with Gasteiger partial charge in [-0.1, -0.05) is 28.1 Å². The average molecular weight is 299 g/mol. The number of rotatable bonds is 4. The smallest absolute Gasteiger partial charge is 0.0594 e. The number of halogens is 1. The maximum Gasteiger partial charge on any atom is 0.0594 e. The van der Waals surface area contributed by atoms with Gasteiger partial charge in [0.2, 0.25) is 0 Å². The molecule has 0 saturated carbocycles. The van der Waals surface area contributed by atoms with Crippen LogP contribution in [-0.4, -0.2) is 44.8 Å². The number of benzene rings is 1. The van der Waals surface area contributed by atoms with Crippen molar-refractivity contribution in [2.45, 2.75) is 6.04 Å². The van der Waals surface area contributed by atoms with Gasteiger partial charge in [0.25, 0.3) is 0 Å². The summed E-state index contributed by atoms with van der Waals surface area (Å²) in [6, 6.07) is 8.88. The minimum atomic E-state index is 0.380. The van der Waals surface area contributed by atoms with Crippen LogP contribution >= 0.6 is 15.9 Å². The fraction of sp³-hybridized carbons (Fsp3) is 0.538. The second-order valence-electron chi connectivity index (χ2n) is 4.31. The summed E-state index contributed by atoms with van der Waals surface area (Å²) in [5.41, 5.74) is 1.33. The van der Waals surface area contributed by atoms with Gasteiger partial charge in [-0.3, -0.25) is 4.90 Å². The third-order valence-electron chi connectivity index (χ3n) is 3.14. The van der Waals surface area contributed by atoms with E-state index in [9.17, 15) is 0 Å². The lowest BCUT2D eigenvalue weighted by Crippen LogP contribution is -2.41. The lowest BCUT2D eigenvalue weighted by Gasteiger charge is -2.30. The van der Waals surface area contributed by atoms with Crippen LogP contribution in [0.4, 0.5) is 0 Å². The molecule has 0 bridgehead atoms. The SMILES string of the molecule is CN[C@H](CN1CCOCC1)c1cccc(Br)c1. The van der Waals surface area contributed by atoms with Gasteiger partial charge in [0.15, 0.2) is 0 Å². The minimum absolute atomic E-state index is 0.380. The lowest BCUT2D eigenvalue weighted by atomic mass is 10.1. The molecule has 0 aliphatic carbocycles. The van der Waals surface area contributed by atoms with Crippen molar-refractivity contribution in [1.29, 1.82) is 0 Å². The van der Waals surface area contributed by atoms with Crippen LogP contribution in [0.2, 0.25) is 0 Å². The molecular weight excluding hydrogens is 280 g/mol. The highest BCUT2D eigenvalue weighted by atomic mass is 79.9. The van der Waals surface area contributed by atoms with Crippen molar-refractivity contribution in [3.63, 3.8) is 0 Å². The first-order valence-electron chi connectivity index (χ1n) is 6.02. The summed E-state index contributed by atoms with van der Waals surface area (Å²) >= 11 is 3.52. The van der Waals surface area contributed by atoms with Gasteiger partial charge in [0.05, 0.1) is 13.2 Å². The van der Waals surface area contributed by atoms with E-state index < -0.39 is 0 Å². The third-order valence-corrected chi connectivity index (χ3v) is 3.64. The molecule has 0 spiro atoms. The van der Waals surface area contributed by atoms with Crippen molar-refractivity contribution in [3.05, 3.63) is 34.3 Å². The van der Waals surface area contributed by atoms with E-state index in [4.69, 9.17) is 4.74 Å². The predicted octanol–water partition coefficient (Wildman–Crippen LogP) is 2.04. The Bertz CT molecular complexity index is 353. The Morgan fingerprint density at radius 3 is 2.82 bits per heavy atom. The van der Waals surface area contributed by atoms with Crippen molar-refractivity contribution in [3.8, 4) is 0 Å². The zero-order chi connectivity index (χ0) is 12.1. The second-order valence-corrected chi connectivity index (χ2v) is 5.22. The quantitative estimate of drug-likeness (QED) is 0.921. The van der Waals surface area contributed by atoms with E-state index in [1.54, 1.807) is 0 Å². The molecule has 0 unspecified atom stereocenters. The number of nitrogens with zero attached hydrogens (tertiary/aromatic N) is 1. The van der Waals surface area contributed by atoms with Gasteiger partial charge in [0, 0.05) is 30.1 Å². The minimum Gasteiger partial charge on any atom is -0.379 e. The molecule has 0 aromatic heterocycles. The van der Waals surface area contributed by atoms with Crippen LogP contribution < -0.4 is 5.32 Å². The van der Waals surface area contributed by atoms with E-state index in [2.05, 4.69) is 50.4 Å². The number of ether oxygens (including phenoxy) is 1. The van der Waals surface area contributed by atoms with Crippen LogP contribution in [0.3, 0.4) is 0 Å². The number of nitrogens with one attached hydrogen (secondary N) is 1. The van der Waals surface area contributed by atoms with Gasteiger partial charge in [-0.2, -0.15) is 0 Å². The molecule has 1 aromatic rings. The van der Waals surface area contributed by atoms with Crippen molar-refractivity contribution in [1.82, 2.24) is 10.2 Å². The Balaban J connectivity index is 2.00. The van der Waals surface area contributed by atoms with Crippen LogP contribution in [0.5, 0.6) is 0 Å². The van der Waals surface area contributed by atoms with E-state index in [1.807, 2.05) is 7.05 Å². The molecule has 94 valence electrons. The van der Waals surface area contributed by atoms with E-state index in [-0.39, 0.29) is 0 Å². The number of morpholine rings is 1. The van der Waals surface area contributed by atoms with Crippen LogP contribution in [0.1, 0.15) is 11.6 Å². The van der Waals surface area contributed by atoms with Gasteiger partial charge in [-0.05, 0) is 24.7 Å². The highest BCUT2D eigenvalue weighted by Crippen LogP contribution is 2.19. The number of likely N-dealkylation sites (N-methyl/N-ethyl adjacent to an activating group) is 1. The summed E-state index contributed by atoms with van der Waals surface area (Å²) in [4.78, 5) is 2.45. The summed E-state index contributed by atoms with van der Waals surface area (Å²) in [7, 11) is 2.02. The van der Waals surface area contributed by atoms with Gasteiger partial charge in [-0.25, -0.2) is 0 Å². The van der Waals surface area contributed by atoms with E-state index in [0.29, 0.717) is 6.04 Å². The molecule has 1 saturated heterocycles. The van der Waals surface area contributed by atoms with E-state index in [0.717, 1.165) is 37.3 Å². The summed E-state index contributed by atoms with van der Waals surface area (Å²) in [6.07, 6.45) is 0. The molecule has 1 N–H and O–H groups in total. The predicted molar refractivity (Wildman–Crippen MR) is 73.2 cm³/mol. The molecule has 0 amide bonds. The fourth-order valence-electron chi connectivity index (χ4n) is 2.13. The van der Waals surface area contributed by atoms with Gasteiger partial charge in [0.1, 0.15) is 0 Å². The molecule has 2 rings (SSSR count). The molecule has 1 atom stereocenters. The second kappa shape index (κ2) is 6.50. The average Bonchev–Trinajstić information content (AvgIpc) is 2.37. The van der Waals surface area contributed by atoms with Gasteiger partial charge < -0.3 is 10.1 Å². The van der Waals surface area contributed by atoms with Crippen molar-refractivity contribution in [2.75, 3.05) is 39.9 Å². The lowest BCUT2D eigenvalue weighted by molar-refractivity contribution is 0.0338. The van der Waals surface area contributed by atoms with Crippen molar-refractivity contribution >= 4 is 15.9 Å². The third kappa shape index (κ3) is 3.78. The molecule has 1 aromatic carbocycles. The molecular formula is C13H19BrN2O. The molecule has 4 heteroatoms. The molecule has 1 aliphatic heterocycles. The Morgan fingerprint density at radius 2 is 2.18 bits per heavy atom. The van der Waals surface area contributed by atoms with Gasteiger partial charge in [-0.15, -0.1) is 0 Å². The van der Waals surface area contributed by atoms with Crippen LogP contribution in [0, 0.1) is 0 Å². The topological polar surface area (TPSA) is 24.5 Å². The zero-order valence-corrected chi connectivity index (χ0v) is 11.7. The zero-order valence-electron chi connectivity index (χ0n) is 10.2. The first-order chi connectivity index (χ1) is 8.29. The van der Waals surface area contributed by atoms with Crippen LogP contribution in [-0.2, 0) is 4.74 Å². The normalized spacial score (nSPS) is 19.2. The summed E-state index contributed by atoms with van der Waals surface area (Å²) < 4.78 is 6.51. The highest BCUT2D eigenvalue weighted by Gasteiger charge is 2.16. The number of hydrogen-bond acceptors (Lipinski definition) is 3. The molecule has 1 aliphatic rings. The molecule has 3 nitrogen and oxygen atoms in total. The maximum absolute atomic E-state index is 5.37. The van der Waals surface area contributed by atoms with Crippen molar-refractivity contribution in [2.24, 2.45) is 0 Å². The maximum atomic E-state index is 5.37. The molecule has 1 heterocycles. The Labute approximate surface area is 111 Å². The number of hydrogen-bond donors (Lipinski definition) is 1. The van der Waals surface area contributed by atoms with E-state index in [1.165, 1.54) is 5.56 Å². The summed E-state index contributed by atoms with van der Waals surface area (Å²) in [5.74, 6) is 0. The van der Waals surface area contributed by atoms with Gasteiger partial charge >= 0.3 is 0 Å². The first kappa shape index (κ1) is 13.0. The summed E-state index contributed by atoms with van der Waals surface area (Å²) in [6.45, 7) is 4.82.